The monoisotopic (exact) mass is 352 g/mol. The molecule has 0 atom stereocenters. The first-order chi connectivity index (χ1) is 9.58. The van der Waals surface area contributed by atoms with E-state index in [1.165, 1.54) is 0 Å². The second kappa shape index (κ2) is 5.73. The van der Waals surface area contributed by atoms with Crippen LogP contribution in [0.1, 0.15) is 56.5 Å². The molecule has 0 radical (unpaired) electrons. The summed E-state index contributed by atoms with van der Waals surface area (Å²) in [7, 11) is 0. The van der Waals surface area contributed by atoms with Crippen LogP contribution in [-0.2, 0) is 0 Å². The Morgan fingerprint density at radius 2 is 1.81 bits per heavy atom. The number of carbonyl (C=O) groups excluding carboxylic acids is 1. The van der Waals surface area contributed by atoms with Crippen molar-refractivity contribution in [3.63, 3.8) is 0 Å². The average molecular weight is 353 g/mol. The van der Waals surface area contributed by atoms with Gasteiger partial charge in [-0.15, -0.1) is 0 Å². The zero-order valence-electron chi connectivity index (χ0n) is 13.5. The minimum absolute atomic E-state index is 0.0177. The molecule has 2 rings (SSSR count). The molecule has 0 aromatic heterocycles. The van der Waals surface area contributed by atoms with Gasteiger partial charge in [0, 0.05) is 27.2 Å². The Hall–Kier alpha value is -0.870. The number of aryl methyl sites for hydroxylation is 1. The maximum atomic E-state index is 12.5. The van der Waals surface area contributed by atoms with Gasteiger partial charge >= 0.3 is 0 Å². The molecule has 116 valence electrons. The topological polar surface area (TPSA) is 41.1 Å². The standard InChI is InChI=1S/C17H25BrN2O/c1-11-8-12(6-7-14(11)18)15(21)19-13-9-16(2,3)20-17(4,5)10-13/h6-8,13,20H,9-10H2,1-5H3,(H,19,21). The van der Waals surface area contributed by atoms with Crippen molar-refractivity contribution < 1.29 is 4.79 Å². The van der Waals surface area contributed by atoms with Crippen LogP contribution in [-0.4, -0.2) is 23.0 Å². The van der Waals surface area contributed by atoms with Crippen LogP contribution in [0.2, 0.25) is 0 Å². The average Bonchev–Trinajstić information content (AvgIpc) is 2.28. The molecule has 1 fully saturated rings. The van der Waals surface area contributed by atoms with Gasteiger partial charge in [-0.1, -0.05) is 15.9 Å². The first-order valence-electron chi connectivity index (χ1n) is 7.44. The van der Waals surface area contributed by atoms with Gasteiger partial charge in [0.05, 0.1) is 0 Å². The van der Waals surface area contributed by atoms with Gasteiger partial charge in [0.25, 0.3) is 5.91 Å². The molecule has 4 heteroatoms. The number of carbonyl (C=O) groups is 1. The van der Waals surface area contributed by atoms with E-state index in [0.29, 0.717) is 0 Å². The fraction of sp³-hybridized carbons (Fsp3) is 0.588. The lowest BCUT2D eigenvalue weighted by molar-refractivity contribution is 0.0873. The number of nitrogens with one attached hydrogen (secondary N) is 2. The van der Waals surface area contributed by atoms with E-state index in [2.05, 4.69) is 54.3 Å². The molecule has 1 heterocycles. The van der Waals surface area contributed by atoms with Crippen LogP contribution in [0.3, 0.4) is 0 Å². The Morgan fingerprint density at radius 1 is 1.24 bits per heavy atom. The van der Waals surface area contributed by atoms with Gasteiger partial charge in [-0.2, -0.15) is 0 Å². The van der Waals surface area contributed by atoms with Crippen molar-refractivity contribution in [2.75, 3.05) is 0 Å². The maximum absolute atomic E-state index is 12.5. The summed E-state index contributed by atoms with van der Waals surface area (Å²) in [6, 6.07) is 5.92. The van der Waals surface area contributed by atoms with E-state index in [1.807, 2.05) is 25.1 Å². The summed E-state index contributed by atoms with van der Waals surface area (Å²) in [5.74, 6) is 0.0177. The van der Waals surface area contributed by atoms with Crippen molar-refractivity contribution in [3.8, 4) is 0 Å². The molecule has 0 saturated carbocycles. The molecule has 1 aliphatic rings. The van der Waals surface area contributed by atoms with Crippen LogP contribution in [0.15, 0.2) is 22.7 Å². The minimum Gasteiger partial charge on any atom is -0.349 e. The highest BCUT2D eigenvalue weighted by atomic mass is 79.9. The number of hydrogen-bond acceptors (Lipinski definition) is 2. The lowest BCUT2D eigenvalue weighted by Gasteiger charge is -2.46. The van der Waals surface area contributed by atoms with E-state index in [0.717, 1.165) is 28.4 Å². The third-order valence-electron chi connectivity index (χ3n) is 3.95. The van der Waals surface area contributed by atoms with E-state index in [9.17, 15) is 4.79 Å². The summed E-state index contributed by atoms with van der Waals surface area (Å²) >= 11 is 3.47. The predicted octanol–water partition coefficient (Wildman–Crippen LogP) is 3.80. The van der Waals surface area contributed by atoms with Crippen molar-refractivity contribution >= 4 is 21.8 Å². The van der Waals surface area contributed by atoms with Crippen LogP contribution in [0, 0.1) is 6.92 Å². The molecule has 1 aliphatic heterocycles. The summed E-state index contributed by atoms with van der Waals surface area (Å²) in [6.07, 6.45) is 1.88. The summed E-state index contributed by atoms with van der Waals surface area (Å²) in [6.45, 7) is 10.8. The van der Waals surface area contributed by atoms with E-state index in [1.54, 1.807) is 0 Å². The number of rotatable bonds is 2. The molecule has 0 bridgehead atoms. The van der Waals surface area contributed by atoms with Gasteiger partial charge in [0.1, 0.15) is 0 Å². The van der Waals surface area contributed by atoms with E-state index < -0.39 is 0 Å². The van der Waals surface area contributed by atoms with Crippen molar-refractivity contribution in [1.82, 2.24) is 10.6 Å². The van der Waals surface area contributed by atoms with Gasteiger partial charge in [-0.3, -0.25) is 4.79 Å². The minimum atomic E-state index is 0.0177. The molecule has 0 unspecified atom stereocenters. The van der Waals surface area contributed by atoms with Crippen molar-refractivity contribution in [1.29, 1.82) is 0 Å². The fourth-order valence-electron chi connectivity index (χ4n) is 3.48. The highest BCUT2D eigenvalue weighted by Crippen LogP contribution is 2.28. The Morgan fingerprint density at radius 3 is 2.33 bits per heavy atom. The summed E-state index contributed by atoms with van der Waals surface area (Å²) in [5, 5.41) is 6.83. The van der Waals surface area contributed by atoms with Crippen LogP contribution in [0.5, 0.6) is 0 Å². The third-order valence-corrected chi connectivity index (χ3v) is 4.84. The Balaban J connectivity index is 2.10. The Bertz CT molecular complexity index is 536. The molecule has 3 nitrogen and oxygen atoms in total. The summed E-state index contributed by atoms with van der Waals surface area (Å²) < 4.78 is 1.03. The smallest absolute Gasteiger partial charge is 0.251 e. The molecular formula is C17H25BrN2O. The number of halogens is 1. The molecule has 1 aromatic carbocycles. The van der Waals surface area contributed by atoms with Crippen LogP contribution >= 0.6 is 15.9 Å². The number of hydrogen-bond donors (Lipinski definition) is 2. The Labute approximate surface area is 136 Å². The molecule has 1 aromatic rings. The van der Waals surface area contributed by atoms with Crippen molar-refractivity contribution in [2.24, 2.45) is 0 Å². The van der Waals surface area contributed by atoms with E-state index in [4.69, 9.17) is 0 Å². The Kier molecular flexibility index (Phi) is 4.50. The van der Waals surface area contributed by atoms with Crippen LogP contribution in [0.4, 0.5) is 0 Å². The molecular weight excluding hydrogens is 328 g/mol. The first-order valence-corrected chi connectivity index (χ1v) is 8.24. The number of amides is 1. The predicted molar refractivity (Wildman–Crippen MR) is 90.7 cm³/mol. The fourth-order valence-corrected chi connectivity index (χ4v) is 3.73. The molecule has 0 spiro atoms. The van der Waals surface area contributed by atoms with Crippen molar-refractivity contribution in [2.45, 2.75) is 64.6 Å². The third kappa shape index (κ3) is 4.30. The quantitative estimate of drug-likeness (QED) is 0.849. The largest absolute Gasteiger partial charge is 0.349 e. The van der Waals surface area contributed by atoms with Gasteiger partial charge in [-0.25, -0.2) is 0 Å². The second-order valence-electron chi connectivity index (χ2n) is 7.44. The van der Waals surface area contributed by atoms with Gasteiger partial charge in [0.15, 0.2) is 0 Å². The molecule has 2 N–H and O–H groups in total. The highest BCUT2D eigenvalue weighted by Gasteiger charge is 2.38. The van der Waals surface area contributed by atoms with Crippen LogP contribution < -0.4 is 10.6 Å². The summed E-state index contributed by atoms with van der Waals surface area (Å²) in [4.78, 5) is 12.5. The lowest BCUT2D eigenvalue weighted by Crippen LogP contribution is -2.62. The maximum Gasteiger partial charge on any atom is 0.251 e. The van der Waals surface area contributed by atoms with E-state index >= 15 is 0 Å². The van der Waals surface area contributed by atoms with Gasteiger partial charge in [0.2, 0.25) is 0 Å². The van der Waals surface area contributed by atoms with E-state index in [-0.39, 0.29) is 23.0 Å². The lowest BCUT2D eigenvalue weighted by atomic mass is 9.79. The SMILES string of the molecule is Cc1cc(C(=O)NC2CC(C)(C)NC(C)(C)C2)ccc1Br. The summed E-state index contributed by atoms with van der Waals surface area (Å²) in [5.41, 5.74) is 1.88. The zero-order valence-corrected chi connectivity index (χ0v) is 15.1. The molecule has 0 aliphatic carbocycles. The zero-order chi connectivity index (χ0) is 15.8. The second-order valence-corrected chi connectivity index (χ2v) is 8.29. The molecule has 1 saturated heterocycles. The van der Waals surface area contributed by atoms with Gasteiger partial charge < -0.3 is 10.6 Å². The normalized spacial score (nSPS) is 21.0. The number of benzene rings is 1. The first kappa shape index (κ1) is 16.5. The van der Waals surface area contributed by atoms with Gasteiger partial charge in [-0.05, 0) is 71.2 Å². The van der Waals surface area contributed by atoms with Crippen molar-refractivity contribution in [3.05, 3.63) is 33.8 Å². The van der Waals surface area contributed by atoms with Crippen LogP contribution in [0.25, 0.3) is 0 Å². The molecule has 21 heavy (non-hydrogen) atoms. The molecule has 1 amide bonds. The number of piperidine rings is 1. The highest BCUT2D eigenvalue weighted by molar-refractivity contribution is 9.10.